The molecule has 1 aliphatic heterocycles. The number of allylic oxidation sites excluding steroid dienone is 2. The molecule has 3 rings (SSSR count). The van der Waals surface area contributed by atoms with E-state index in [2.05, 4.69) is 18.1 Å². The molecule has 0 radical (unpaired) electrons. The van der Waals surface area contributed by atoms with Gasteiger partial charge in [0.15, 0.2) is 0 Å². The van der Waals surface area contributed by atoms with Crippen molar-refractivity contribution in [2.45, 2.75) is 44.9 Å². The summed E-state index contributed by atoms with van der Waals surface area (Å²) in [4.78, 5) is 50.9. The van der Waals surface area contributed by atoms with Gasteiger partial charge in [0.25, 0.3) is 0 Å². The topological polar surface area (TPSA) is 95.0 Å². The smallest absolute Gasteiger partial charge is 0.303 e. The van der Waals surface area contributed by atoms with E-state index in [1.807, 2.05) is 0 Å². The number of hydrogen-bond donors (Lipinski definition) is 1. The molecule has 7 heteroatoms. The lowest BCUT2D eigenvalue weighted by Crippen LogP contribution is -2.34. The van der Waals surface area contributed by atoms with Gasteiger partial charge in [0.2, 0.25) is 17.7 Å². The van der Waals surface area contributed by atoms with Gasteiger partial charge >= 0.3 is 5.97 Å². The first kappa shape index (κ1) is 21.1. The molecule has 0 aromatic heterocycles. The SMILES string of the molecule is C#CCN(CCCCCCN1C(=O)C2C3C=CC(C3)C2C1=O)C(=O)CCC(=O)O. The third kappa shape index (κ3) is 4.52. The van der Waals surface area contributed by atoms with Crippen LogP contribution in [0.25, 0.3) is 0 Å². The number of imide groups is 1. The number of likely N-dealkylation sites (tertiary alicyclic amines) is 1. The van der Waals surface area contributed by atoms with E-state index in [1.54, 1.807) is 0 Å². The fraction of sp³-hybridized carbons (Fsp3) is 0.636. The summed E-state index contributed by atoms with van der Waals surface area (Å²) in [6.45, 7) is 1.13. The number of rotatable bonds is 11. The van der Waals surface area contributed by atoms with Crippen LogP contribution in [0, 0.1) is 36.0 Å². The molecule has 3 amide bonds. The number of hydrogen-bond acceptors (Lipinski definition) is 4. The van der Waals surface area contributed by atoms with E-state index in [4.69, 9.17) is 11.5 Å². The van der Waals surface area contributed by atoms with Crippen molar-refractivity contribution in [2.75, 3.05) is 19.6 Å². The Kier molecular flexibility index (Phi) is 6.73. The summed E-state index contributed by atoms with van der Waals surface area (Å²) in [6.07, 6.45) is 13.4. The zero-order valence-electron chi connectivity index (χ0n) is 16.6. The highest BCUT2D eigenvalue weighted by Gasteiger charge is 2.58. The van der Waals surface area contributed by atoms with Crippen molar-refractivity contribution < 1.29 is 24.3 Å². The first-order valence-corrected chi connectivity index (χ1v) is 10.4. The highest BCUT2D eigenvalue weighted by Crippen LogP contribution is 2.52. The van der Waals surface area contributed by atoms with Gasteiger partial charge in [-0.05, 0) is 31.1 Å². The predicted molar refractivity (Wildman–Crippen MR) is 105 cm³/mol. The summed E-state index contributed by atoms with van der Waals surface area (Å²) in [6, 6.07) is 0. The van der Waals surface area contributed by atoms with Crippen LogP contribution in [0.5, 0.6) is 0 Å². The van der Waals surface area contributed by atoms with E-state index in [0.29, 0.717) is 13.1 Å². The number of nitrogens with zero attached hydrogens (tertiary/aromatic N) is 2. The summed E-state index contributed by atoms with van der Waals surface area (Å²) in [5.41, 5.74) is 0. The van der Waals surface area contributed by atoms with Gasteiger partial charge in [-0.25, -0.2) is 0 Å². The second kappa shape index (κ2) is 9.25. The van der Waals surface area contributed by atoms with E-state index in [1.165, 1.54) is 9.80 Å². The molecule has 156 valence electrons. The van der Waals surface area contributed by atoms with Gasteiger partial charge in [0.1, 0.15) is 0 Å². The Labute approximate surface area is 171 Å². The monoisotopic (exact) mass is 400 g/mol. The number of unbranched alkanes of at least 4 members (excludes halogenated alkanes) is 3. The van der Waals surface area contributed by atoms with Gasteiger partial charge < -0.3 is 10.0 Å². The third-order valence-corrected chi connectivity index (χ3v) is 6.31. The molecule has 0 aromatic rings. The summed E-state index contributed by atoms with van der Waals surface area (Å²) in [7, 11) is 0. The molecule has 1 saturated carbocycles. The first-order valence-electron chi connectivity index (χ1n) is 10.4. The molecule has 4 unspecified atom stereocenters. The van der Waals surface area contributed by atoms with Crippen molar-refractivity contribution in [3.8, 4) is 12.3 Å². The molecule has 3 aliphatic rings. The van der Waals surface area contributed by atoms with Crippen LogP contribution in [0.1, 0.15) is 44.9 Å². The Bertz CT molecular complexity index is 723. The zero-order valence-corrected chi connectivity index (χ0v) is 16.6. The lowest BCUT2D eigenvalue weighted by atomic mass is 9.85. The predicted octanol–water partition coefficient (Wildman–Crippen LogP) is 1.68. The third-order valence-electron chi connectivity index (χ3n) is 6.31. The molecule has 2 bridgehead atoms. The van der Waals surface area contributed by atoms with E-state index in [9.17, 15) is 19.2 Å². The number of amides is 3. The van der Waals surface area contributed by atoms with Crippen LogP contribution >= 0.6 is 0 Å². The van der Waals surface area contributed by atoms with Crippen LogP contribution in [0.3, 0.4) is 0 Å². The van der Waals surface area contributed by atoms with E-state index in [0.717, 1.165) is 32.1 Å². The van der Waals surface area contributed by atoms with Crippen molar-refractivity contribution >= 4 is 23.7 Å². The van der Waals surface area contributed by atoms with Crippen LogP contribution in [-0.4, -0.2) is 58.2 Å². The average molecular weight is 400 g/mol. The van der Waals surface area contributed by atoms with Crippen molar-refractivity contribution in [1.29, 1.82) is 0 Å². The zero-order chi connectivity index (χ0) is 21.0. The van der Waals surface area contributed by atoms with E-state index >= 15 is 0 Å². The average Bonchev–Trinajstić information content (AvgIpc) is 3.37. The van der Waals surface area contributed by atoms with Crippen LogP contribution < -0.4 is 0 Å². The van der Waals surface area contributed by atoms with Crippen LogP contribution in [0.2, 0.25) is 0 Å². The highest BCUT2D eigenvalue weighted by atomic mass is 16.4. The Morgan fingerprint density at radius 2 is 1.69 bits per heavy atom. The molecule has 0 aromatic carbocycles. The Morgan fingerprint density at radius 1 is 1.07 bits per heavy atom. The quantitative estimate of drug-likeness (QED) is 0.246. The van der Waals surface area contributed by atoms with Gasteiger partial charge in [0.05, 0.1) is 24.8 Å². The second-order valence-electron chi connectivity index (χ2n) is 8.16. The lowest BCUT2D eigenvalue weighted by Gasteiger charge is -2.20. The van der Waals surface area contributed by atoms with Gasteiger partial charge in [-0.3, -0.25) is 24.1 Å². The van der Waals surface area contributed by atoms with Gasteiger partial charge in [-0.15, -0.1) is 6.42 Å². The number of aliphatic carboxylic acids is 1. The standard InChI is InChI=1S/C22H28N2O5/c1-2-11-23(17(25)9-10-18(26)27)12-5-3-4-6-13-24-21(28)19-15-7-8-16(14-15)20(19)22(24)29/h1,7-8,15-16,19-20H,3-6,9-14H2,(H,26,27). The molecule has 0 spiro atoms. The van der Waals surface area contributed by atoms with Crippen molar-refractivity contribution in [1.82, 2.24) is 9.80 Å². The molecule has 29 heavy (non-hydrogen) atoms. The molecule has 7 nitrogen and oxygen atoms in total. The van der Waals surface area contributed by atoms with Crippen molar-refractivity contribution in [3.63, 3.8) is 0 Å². The maximum Gasteiger partial charge on any atom is 0.303 e. The highest BCUT2D eigenvalue weighted by molar-refractivity contribution is 6.06. The fourth-order valence-electron chi connectivity index (χ4n) is 4.88. The first-order chi connectivity index (χ1) is 13.9. The number of fused-ring (bicyclic) bond motifs is 5. The second-order valence-corrected chi connectivity index (χ2v) is 8.16. The van der Waals surface area contributed by atoms with Crippen molar-refractivity contribution in [3.05, 3.63) is 12.2 Å². The summed E-state index contributed by atoms with van der Waals surface area (Å²) >= 11 is 0. The minimum Gasteiger partial charge on any atom is -0.481 e. The largest absolute Gasteiger partial charge is 0.481 e. The number of terminal acetylenes is 1. The number of carbonyl (C=O) groups is 4. The Hall–Kier alpha value is -2.62. The molecule has 4 atom stereocenters. The molecule has 2 fully saturated rings. The Morgan fingerprint density at radius 3 is 2.28 bits per heavy atom. The van der Waals surface area contributed by atoms with Crippen LogP contribution in [0.15, 0.2) is 12.2 Å². The van der Waals surface area contributed by atoms with Crippen molar-refractivity contribution in [2.24, 2.45) is 23.7 Å². The van der Waals surface area contributed by atoms with Crippen LogP contribution in [0.4, 0.5) is 0 Å². The van der Waals surface area contributed by atoms with E-state index in [-0.39, 0.29) is 60.8 Å². The van der Waals surface area contributed by atoms with Gasteiger partial charge in [-0.1, -0.05) is 30.9 Å². The van der Waals surface area contributed by atoms with Gasteiger partial charge in [-0.2, -0.15) is 0 Å². The molecule has 2 aliphatic carbocycles. The maximum absolute atomic E-state index is 12.6. The van der Waals surface area contributed by atoms with Gasteiger partial charge in [0, 0.05) is 19.5 Å². The normalized spacial score (nSPS) is 26.7. The summed E-state index contributed by atoms with van der Waals surface area (Å²) in [5, 5.41) is 8.69. The number of carboxylic acids is 1. The minimum absolute atomic E-state index is 0.000993. The molecule has 1 saturated heterocycles. The molecule has 1 heterocycles. The summed E-state index contributed by atoms with van der Waals surface area (Å²) < 4.78 is 0. The van der Waals surface area contributed by atoms with E-state index < -0.39 is 5.97 Å². The lowest BCUT2D eigenvalue weighted by molar-refractivity contribution is -0.141. The summed E-state index contributed by atoms with van der Waals surface area (Å²) in [5.74, 6) is 1.42. The fourth-order valence-corrected chi connectivity index (χ4v) is 4.88. The van der Waals surface area contributed by atoms with Crippen LogP contribution in [-0.2, 0) is 19.2 Å². The molecular weight excluding hydrogens is 372 g/mol. The molecular formula is C22H28N2O5. The number of carboxylic acid groups (broad SMARTS) is 1. The maximum atomic E-state index is 12.6. The Balaban J connectivity index is 1.35. The molecule has 1 N–H and O–H groups in total. The number of carbonyl (C=O) groups excluding carboxylic acids is 3. The minimum atomic E-state index is -1.00.